The maximum absolute atomic E-state index is 13.5. The summed E-state index contributed by atoms with van der Waals surface area (Å²) >= 11 is 0. The molecule has 0 bridgehead atoms. The van der Waals surface area contributed by atoms with Gasteiger partial charge in [0.05, 0.1) is 0 Å². The van der Waals surface area contributed by atoms with E-state index in [9.17, 15) is 4.39 Å². The molecular formula is C14H22FN3O. The molecular weight excluding hydrogens is 245 g/mol. The van der Waals surface area contributed by atoms with Crippen molar-refractivity contribution in [2.45, 2.75) is 6.54 Å². The lowest BCUT2D eigenvalue weighted by Gasteiger charge is -2.32. The fourth-order valence-corrected chi connectivity index (χ4v) is 2.15. The van der Waals surface area contributed by atoms with Crippen molar-refractivity contribution < 1.29 is 9.13 Å². The third kappa shape index (κ3) is 4.16. The minimum absolute atomic E-state index is 0.216. The number of halogens is 1. The van der Waals surface area contributed by atoms with E-state index >= 15 is 0 Å². The highest BCUT2D eigenvalue weighted by Gasteiger charge is 2.13. The van der Waals surface area contributed by atoms with Crippen molar-refractivity contribution in [1.29, 1.82) is 0 Å². The molecule has 2 rings (SSSR count). The summed E-state index contributed by atoms with van der Waals surface area (Å²) in [6.45, 7) is 6.02. The SMILES string of the molecule is CN1CCN(CCOc2ccc(CN)c(F)c2)CC1. The topological polar surface area (TPSA) is 41.7 Å². The molecule has 4 nitrogen and oxygen atoms in total. The summed E-state index contributed by atoms with van der Waals surface area (Å²) in [5.41, 5.74) is 5.94. The van der Waals surface area contributed by atoms with E-state index in [0.29, 0.717) is 17.9 Å². The molecule has 0 unspecified atom stereocenters. The second kappa shape index (κ2) is 6.84. The molecule has 2 N–H and O–H groups in total. The molecule has 1 fully saturated rings. The minimum Gasteiger partial charge on any atom is -0.492 e. The third-order valence-corrected chi connectivity index (χ3v) is 3.52. The number of ether oxygens (including phenoxy) is 1. The molecule has 106 valence electrons. The van der Waals surface area contributed by atoms with Gasteiger partial charge in [0.25, 0.3) is 0 Å². The van der Waals surface area contributed by atoms with Crippen molar-refractivity contribution in [2.24, 2.45) is 5.73 Å². The van der Waals surface area contributed by atoms with Gasteiger partial charge in [-0.15, -0.1) is 0 Å². The van der Waals surface area contributed by atoms with E-state index in [1.165, 1.54) is 6.07 Å². The first kappa shape index (κ1) is 14.2. The van der Waals surface area contributed by atoms with Crippen LogP contribution in [0.5, 0.6) is 5.75 Å². The summed E-state index contributed by atoms with van der Waals surface area (Å²) < 4.78 is 19.1. The van der Waals surface area contributed by atoms with Crippen LogP contribution in [0.25, 0.3) is 0 Å². The Morgan fingerprint density at radius 1 is 1.26 bits per heavy atom. The average molecular weight is 267 g/mol. The first-order chi connectivity index (χ1) is 9.19. The van der Waals surface area contributed by atoms with E-state index in [1.807, 2.05) is 0 Å². The van der Waals surface area contributed by atoms with Crippen LogP contribution < -0.4 is 10.5 Å². The molecule has 0 amide bonds. The van der Waals surface area contributed by atoms with E-state index in [1.54, 1.807) is 12.1 Å². The molecule has 1 aliphatic rings. The lowest BCUT2D eigenvalue weighted by Crippen LogP contribution is -2.45. The summed E-state index contributed by atoms with van der Waals surface area (Å²) in [5, 5.41) is 0. The van der Waals surface area contributed by atoms with Crippen molar-refractivity contribution in [3.8, 4) is 5.75 Å². The summed E-state index contributed by atoms with van der Waals surface area (Å²) in [6.07, 6.45) is 0. The number of rotatable bonds is 5. The van der Waals surface area contributed by atoms with Gasteiger partial charge in [-0.3, -0.25) is 4.90 Å². The fraction of sp³-hybridized carbons (Fsp3) is 0.571. The lowest BCUT2D eigenvalue weighted by molar-refractivity contribution is 0.133. The van der Waals surface area contributed by atoms with Gasteiger partial charge in [-0.1, -0.05) is 6.07 Å². The summed E-state index contributed by atoms with van der Waals surface area (Å²) in [5.74, 6) is 0.281. The van der Waals surface area contributed by atoms with Crippen LogP contribution >= 0.6 is 0 Å². The van der Waals surface area contributed by atoms with Crippen LogP contribution in [-0.4, -0.2) is 56.2 Å². The molecule has 1 saturated heterocycles. The largest absolute Gasteiger partial charge is 0.492 e. The van der Waals surface area contributed by atoms with E-state index in [4.69, 9.17) is 10.5 Å². The Balaban J connectivity index is 1.75. The van der Waals surface area contributed by atoms with Crippen LogP contribution in [0.4, 0.5) is 4.39 Å². The molecule has 1 aliphatic heterocycles. The van der Waals surface area contributed by atoms with E-state index in [0.717, 1.165) is 32.7 Å². The summed E-state index contributed by atoms with van der Waals surface area (Å²) in [6, 6.07) is 4.86. The average Bonchev–Trinajstić information content (AvgIpc) is 2.41. The molecule has 0 atom stereocenters. The van der Waals surface area contributed by atoms with Crippen LogP contribution in [-0.2, 0) is 6.54 Å². The zero-order valence-corrected chi connectivity index (χ0v) is 11.4. The molecule has 0 spiro atoms. The number of nitrogens with two attached hydrogens (primary N) is 1. The van der Waals surface area contributed by atoms with Gasteiger partial charge in [0.2, 0.25) is 0 Å². The maximum atomic E-state index is 13.5. The van der Waals surface area contributed by atoms with E-state index < -0.39 is 0 Å². The molecule has 5 heteroatoms. The molecule has 0 saturated carbocycles. The van der Waals surface area contributed by atoms with Crippen LogP contribution in [0.15, 0.2) is 18.2 Å². The molecule has 0 aliphatic carbocycles. The van der Waals surface area contributed by atoms with Crippen molar-refractivity contribution in [1.82, 2.24) is 9.80 Å². The minimum atomic E-state index is -0.292. The quantitative estimate of drug-likeness (QED) is 0.861. The summed E-state index contributed by atoms with van der Waals surface area (Å²) in [7, 11) is 2.13. The molecule has 0 radical (unpaired) electrons. The van der Waals surface area contributed by atoms with Gasteiger partial charge in [-0.25, -0.2) is 4.39 Å². The number of piperazine rings is 1. The van der Waals surface area contributed by atoms with Crippen LogP contribution in [0.2, 0.25) is 0 Å². The Bertz CT molecular complexity index is 406. The van der Waals surface area contributed by atoms with Crippen molar-refractivity contribution in [3.05, 3.63) is 29.6 Å². The Morgan fingerprint density at radius 2 is 2.00 bits per heavy atom. The van der Waals surface area contributed by atoms with Crippen molar-refractivity contribution >= 4 is 0 Å². The highest BCUT2D eigenvalue weighted by molar-refractivity contribution is 5.28. The Kier molecular flexibility index (Phi) is 5.13. The first-order valence-electron chi connectivity index (χ1n) is 6.71. The van der Waals surface area contributed by atoms with E-state index in [2.05, 4.69) is 16.8 Å². The Morgan fingerprint density at radius 3 is 2.63 bits per heavy atom. The molecule has 1 heterocycles. The number of hydrogen-bond donors (Lipinski definition) is 1. The van der Waals surface area contributed by atoms with Gasteiger partial charge in [0, 0.05) is 50.9 Å². The first-order valence-corrected chi connectivity index (χ1v) is 6.71. The van der Waals surface area contributed by atoms with Crippen LogP contribution in [0.3, 0.4) is 0 Å². The lowest BCUT2D eigenvalue weighted by atomic mass is 10.2. The highest BCUT2D eigenvalue weighted by atomic mass is 19.1. The van der Waals surface area contributed by atoms with Gasteiger partial charge >= 0.3 is 0 Å². The Labute approximate surface area is 113 Å². The Hall–Kier alpha value is -1.17. The second-order valence-electron chi connectivity index (χ2n) is 4.95. The maximum Gasteiger partial charge on any atom is 0.131 e. The monoisotopic (exact) mass is 267 g/mol. The van der Waals surface area contributed by atoms with Gasteiger partial charge in [0.1, 0.15) is 18.2 Å². The van der Waals surface area contributed by atoms with Crippen LogP contribution in [0, 0.1) is 5.82 Å². The zero-order chi connectivity index (χ0) is 13.7. The van der Waals surface area contributed by atoms with Gasteiger partial charge < -0.3 is 15.4 Å². The third-order valence-electron chi connectivity index (χ3n) is 3.52. The molecule has 0 aromatic heterocycles. The predicted molar refractivity (Wildman–Crippen MR) is 73.7 cm³/mol. The number of hydrogen-bond acceptors (Lipinski definition) is 4. The molecule has 1 aromatic carbocycles. The molecule has 19 heavy (non-hydrogen) atoms. The highest BCUT2D eigenvalue weighted by Crippen LogP contribution is 2.16. The van der Waals surface area contributed by atoms with Crippen LogP contribution in [0.1, 0.15) is 5.56 Å². The number of benzene rings is 1. The van der Waals surface area contributed by atoms with Crippen molar-refractivity contribution in [2.75, 3.05) is 46.4 Å². The van der Waals surface area contributed by atoms with Gasteiger partial charge in [-0.2, -0.15) is 0 Å². The second-order valence-corrected chi connectivity index (χ2v) is 4.95. The standard InChI is InChI=1S/C14H22FN3O/c1-17-4-6-18(7-5-17)8-9-19-13-3-2-12(11-16)14(15)10-13/h2-3,10H,4-9,11,16H2,1H3. The fourth-order valence-electron chi connectivity index (χ4n) is 2.15. The zero-order valence-electron chi connectivity index (χ0n) is 11.4. The smallest absolute Gasteiger partial charge is 0.131 e. The summed E-state index contributed by atoms with van der Waals surface area (Å²) in [4.78, 5) is 4.68. The van der Waals surface area contributed by atoms with Crippen molar-refractivity contribution in [3.63, 3.8) is 0 Å². The normalized spacial score (nSPS) is 17.6. The molecule has 1 aromatic rings. The van der Waals surface area contributed by atoms with E-state index in [-0.39, 0.29) is 12.4 Å². The number of nitrogens with zero attached hydrogens (tertiary/aromatic N) is 2. The van der Waals surface area contributed by atoms with Gasteiger partial charge in [0.15, 0.2) is 0 Å². The predicted octanol–water partition coefficient (Wildman–Crippen LogP) is 0.911. The van der Waals surface area contributed by atoms with Gasteiger partial charge in [-0.05, 0) is 13.1 Å². The number of likely N-dealkylation sites (N-methyl/N-ethyl adjacent to an activating group) is 1.